The van der Waals surface area contributed by atoms with Crippen molar-refractivity contribution >= 4 is 18.5 Å². The molecule has 0 fully saturated rings. The molecule has 0 unspecified atom stereocenters. The highest BCUT2D eigenvalue weighted by molar-refractivity contribution is 7.81. The maximum atomic E-state index is 8.81. The van der Waals surface area contributed by atoms with Crippen molar-refractivity contribution in [1.29, 1.82) is 0 Å². The van der Waals surface area contributed by atoms with E-state index in [-0.39, 0.29) is 0 Å². The predicted molar refractivity (Wildman–Crippen MR) is 44.4 cm³/mol. The highest BCUT2D eigenvalue weighted by Crippen LogP contribution is 2.13. The lowest BCUT2D eigenvalue weighted by Gasteiger charge is -2.07. The van der Waals surface area contributed by atoms with Gasteiger partial charge in [0.05, 0.1) is 5.69 Å². The third-order valence-electron chi connectivity index (χ3n) is 1.26. The van der Waals surface area contributed by atoms with Crippen molar-refractivity contribution in [2.75, 3.05) is 4.47 Å². The average Bonchev–Trinajstić information content (AvgIpc) is 1.88. The molecule has 0 amide bonds. The molecule has 0 radical (unpaired) electrons. The zero-order valence-corrected chi connectivity index (χ0v) is 6.55. The van der Waals surface area contributed by atoms with Crippen molar-refractivity contribution in [1.82, 2.24) is 0 Å². The summed E-state index contributed by atoms with van der Waals surface area (Å²) < 4.78 is 0.791. The van der Waals surface area contributed by atoms with Gasteiger partial charge in [-0.2, -0.15) is 0 Å². The fraction of sp³-hybridized carbons (Fsp3) is 0.143. The van der Waals surface area contributed by atoms with E-state index in [2.05, 4.69) is 12.8 Å². The van der Waals surface area contributed by atoms with Gasteiger partial charge in [-0.1, -0.05) is 17.7 Å². The number of hydrogen-bond donors (Lipinski definition) is 2. The minimum atomic E-state index is 0.675. The number of anilines is 1. The Morgan fingerprint density at radius 1 is 1.30 bits per heavy atom. The molecule has 0 saturated heterocycles. The number of thiol groups is 1. The number of nitrogens with zero attached hydrogens (tertiary/aromatic N) is 1. The van der Waals surface area contributed by atoms with Gasteiger partial charge in [-0.25, -0.2) is 4.47 Å². The summed E-state index contributed by atoms with van der Waals surface area (Å²) in [6, 6.07) is 7.41. The standard InChI is InChI=1S/C7H9NOS/c1-6-2-4-7(5-3-6)8(9)10/h2-5,9-10H,1H3. The first-order valence-corrected chi connectivity index (χ1v) is 3.34. The zero-order chi connectivity index (χ0) is 7.56. The topological polar surface area (TPSA) is 23.5 Å². The molecule has 1 aromatic rings. The van der Waals surface area contributed by atoms with Crippen molar-refractivity contribution in [3.05, 3.63) is 29.8 Å². The van der Waals surface area contributed by atoms with E-state index >= 15 is 0 Å². The summed E-state index contributed by atoms with van der Waals surface area (Å²) in [4.78, 5) is 0. The van der Waals surface area contributed by atoms with E-state index in [1.54, 1.807) is 12.1 Å². The smallest absolute Gasteiger partial charge is 0.0761 e. The van der Waals surface area contributed by atoms with Crippen LogP contribution in [0.15, 0.2) is 24.3 Å². The van der Waals surface area contributed by atoms with Gasteiger partial charge in [0.2, 0.25) is 0 Å². The third-order valence-corrected chi connectivity index (χ3v) is 1.50. The second kappa shape index (κ2) is 2.94. The van der Waals surface area contributed by atoms with Crippen LogP contribution < -0.4 is 4.47 Å². The Morgan fingerprint density at radius 2 is 1.80 bits per heavy atom. The van der Waals surface area contributed by atoms with Gasteiger partial charge in [-0.05, 0) is 31.9 Å². The summed E-state index contributed by atoms with van der Waals surface area (Å²) in [5.41, 5.74) is 1.84. The highest BCUT2D eigenvalue weighted by Gasteiger charge is 1.93. The van der Waals surface area contributed by atoms with Crippen LogP contribution >= 0.6 is 12.8 Å². The van der Waals surface area contributed by atoms with Crippen LogP contribution in [0.1, 0.15) is 5.56 Å². The van der Waals surface area contributed by atoms with Gasteiger partial charge < -0.3 is 0 Å². The Morgan fingerprint density at radius 3 is 2.20 bits per heavy atom. The molecule has 1 N–H and O–H groups in total. The van der Waals surface area contributed by atoms with Gasteiger partial charge in [0.15, 0.2) is 0 Å². The Hall–Kier alpha value is -0.670. The monoisotopic (exact) mass is 155 g/mol. The predicted octanol–water partition coefficient (Wildman–Crippen LogP) is 2.04. The molecule has 1 aromatic carbocycles. The number of benzene rings is 1. The molecule has 0 bridgehead atoms. The lowest BCUT2D eigenvalue weighted by atomic mass is 10.2. The largest absolute Gasteiger partial charge is 0.278 e. The Balaban J connectivity index is 2.89. The third kappa shape index (κ3) is 1.65. The van der Waals surface area contributed by atoms with Crippen molar-refractivity contribution in [2.45, 2.75) is 6.92 Å². The van der Waals surface area contributed by atoms with Crippen LogP contribution in [0.25, 0.3) is 0 Å². The average molecular weight is 155 g/mol. The van der Waals surface area contributed by atoms with Crippen LogP contribution in [0, 0.1) is 6.92 Å². The normalized spacial score (nSPS) is 9.50. The van der Waals surface area contributed by atoms with Crippen molar-refractivity contribution in [2.24, 2.45) is 0 Å². The maximum absolute atomic E-state index is 8.81. The molecule has 0 aliphatic rings. The van der Waals surface area contributed by atoms with E-state index in [0.717, 1.165) is 4.47 Å². The maximum Gasteiger partial charge on any atom is 0.0761 e. The molecule has 0 aliphatic carbocycles. The fourth-order valence-electron chi connectivity index (χ4n) is 0.678. The molecule has 0 saturated carbocycles. The summed E-state index contributed by atoms with van der Waals surface area (Å²) in [7, 11) is 0. The summed E-state index contributed by atoms with van der Waals surface area (Å²) in [6.07, 6.45) is 0. The van der Waals surface area contributed by atoms with Crippen LogP contribution in [0.2, 0.25) is 0 Å². The van der Waals surface area contributed by atoms with E-state index in [1.807, 2.05) is 19.1 Å². The van der Waals surface area contributed by atoms with Crippen LogP contribution in [-0.2, 0) is 0 Å². The van der Waals surface area contributed by atoms with Crippen LogP contribution in [0.4, 0.5) is 5.69 Å². The molecule has 1 rings (SSSR count). The molecule has 54 valence electrons. The van der Waals surface area contributed by atoms with E-state index in [9.17, 15) is 0 Å². The van der Waals surface area contributed by atoms with Crippen molar-refractivity contribution in [3.8, 4) is 0 Å². The van der Waals surface area contributed by atoms with Gasteiger partial charge >= 0.3 is 0 Å². The molecule has 3 heteroatoms. The summed E-state index contributed by atoms with van der Waals surface area (Å²) in [6.45, 7) is 1.99. The summed E-state index contributed by atoms with van der Waals surface area (Å²) in [5, 5.41) is 8.81. The minimum Gasteiger partial charge on any atom is -0.278 e. The van der Waals surface area contributed by atoms with Crippen molar-refractivity contribution < 1.29 is 5.21 Å². The molecule has 0 aliphatic heterocycles. The van der Waals surface area contributed by atoms with Gasteiger partial charge in [0.1, 0.15) is 0 Å². The number of aryl methyl sites for hydroxylation is 1. The summed E-state index contributed by atoms with van der Waals surface area (Å²) in [5.74, 6) is 0. The van der Waals surface area contributed by atoms with Gasteiger partial charge in [-0.3, -0.25) is 5.21 Å². The van der Waals surface area contributed by atoms with E-state index < -0.39 is 0 Å². The van der Waals surface area contributed by atoms with Crippen LogP contribution in [0.3, 0.4) is 0 Å². The second-order valence-corrected chi connectivity index (χ2v) is 2.50. The fourth-order valence-corrected chi connectivity index (χ4v) is 0.811. The van der Waals surface area contributed by atoms with Crippen LogP contribution in [-0.4, -0.2) is 5.21 Å². The molecule has 0 heterocycles. The Bertz CT molecular complexity index is 207. The van der Waals surface area contributed by atoms with Gasteiger partial charge in [-0.15, -0.1) is 0 Å². The van der Waals surface area contributed by atoms with E-state index in [0.29, 0.717) is 5.69 Å². The van der Waals surface area contributed by atoms with Gasteiger partial charge in [0.25, 0.3) is 0 Å². The molecule has 10 heavy (non-hydrogen) atoms. The second-order valence-electron chi connectivity index (χ2n) is 2.12. The lowest BCUT2D eigenvalue weighted by molar-refractivity contribution is 0.334. The molecular weight excluding hydrogens is 146 g/mol. The van der Waals surface area contributed by atoms with Gasteiger partial charge in [0, 0.05) is 0 Å². The van der Waals surface area contributed by atoms with E-state index in [4.69, 9.17) is 5.21 Å². The van der Waals surface area contributed by atoms with Crippen LogP contribution in [0.5, 0.6) is 0 Å². The molecule has 0 spiro atoms. The molecule has 0 atom stereocenters. The first-order chi connectivity index (χ1) is 4.70. The Kier molecular flexibility index (Phi) is 2.19. The first-order valence-electron chi connectivity index (χ1n) is 2.94. The first kappa shape index (κ1) is 7.44. The molecule has 2 nitrogen and oxygen atoms in total. The number of hydrogen-bond acceptors (Lipinski definition) is 3. The Labute approximate surface area is 65.6 Å². The SMILES string of the molecule is Cc1ccc(N(O)S)cc1. The minimum absolute atomic E-state index is 0.675. The molecular formula is C7H9NOS. The lowest BCUT2D eigenvalue weighted by Crippen LogP contribution is -2.00. The molecule has 0 aromatic heterocycles. The van der Waals surface area contributed by atoms with E-state index in [1.165, 1.54) is 5.56 Å². The number of rotatable bonds is 1. The van der Waals surface area contributed by atoms with Crippen molar-refractivity contribution in [3.63, 3.8) is 0 Å². The summed E-state index contributed by atoms with van der Waals surface area (Å²) >= 11 is 3.71. The quantitative estimate of drug-likeness (QED) is 0.479. The highest BCUT2D eigenvalue weighted by atomic mass is 32.1. The zero-order valence-electron chi connectivity index (χ0n) is 5.65.